The summed E-state index contributed by atoms with van der Waals surface area (Å²) >= 11 is 1.78. The first-order valence-corrected chi connectivity index (χ1v) is 8.91. The molecule has 1 amide bonds. The van der Waals surface area contributed by atoms with Crippen LogP contribution in [0.15, 0.2) is 29.9 Å². The van der Waals surface area contributed by atoms with Gasteiger partial charge in [0, 0.05) is 36.8 Å². The zero-order valence-electron chi connectivity index (χ0n) is 13.1. The average Bonchev–Trinajstić information content (AvgIpc) is 3.19. The van der Waals surface area contributed by atoms with Crippen LogP contribution in [0, 0.1) is 6.92 Å². The number of piperidine rings is 1. The van der Waals surface area contributed by atoms with Gasteiger partial charge in [0.25, 0.3) is 0 Å². The van der Waals surface area contributed by atoms with Crippen LogP contribution in [-0.4, -0.2) is 33.4 Å². The lowest BCUT2D eigenvalue weighted by atomic mass is 10.0. The lowest BCUT2D eigenvalue weighted by Crippen LogP contribution is -2.40. The summed E-state index contributed by atoms with van der Waals surface area (Å²) in [6, 6.07) is 4.61. The van der Waals surface area contributed by atoms with Crippen LogP contribution in [-0.2, 0) is 11.2 Å². The van der Waals surface area contributed by atoms with Crippen molar-refractivity contribution in [2.75, 3.05) is 13.1 Å². The van der Waals surface area contributed by atoms with Crippen molar-refractivity contribution in [1.29, 1.82) is 0 Å². The highest BCUT2D eigenvalue weighted by Gasteiger charge is 2.24. The van der Waals surface area contributed by atoms with Gasteiger partial charge in [0.2, 0.25) is 5.91 Å². The lowest BCUT2D eigenvalue weighted by Gasteiger charge is -2.34. The van der Waals surface area contributed by atoms with Gasteiger partial charge in [-0.2, -0.15) is 0 Å². The predicted molar refractivity (Wildman–Crippen MR) is 89.1 cm³/mol. The molecule has 1 aliphatic heterocycles. The maximum Gasteiger partial charge on any atom is 0.222 e. The molecule has 1 fully saturated rings. The fourth-order valence-electron chi connectivity index (χ4n) is 3.21. The van der Waals surface area contributed by atoms with E-state index in [1.165, 1.54) is 4.88 Å². The maximum absolute atomic E-state index is 12.4. The molecule has 3 heterocycles. The summed E-state index contributed by atoms with van der Waals surface area (Å²) in [6.07, 6.45) is 8.72. The van der Waals surface area contributed by atoms with Gasteiger partial charge in [-0.3, -0.25) is 4.79 Å². The molecule has 4 nitrogen and oxygen atoms in total. The molecule has 2 aromatic rings. The Labute approximate surface area is 135 Å². The van der Waals surface area contributed by atoms with Gasteiger partial charge in [0.05, 0.1) is 6.04 Å². The number of carbonyl (C=O) groups is 1. The molecule has 22 heavy (non-hydrogen) atoms. The van der Waals surface area contributed by atoms with Gasteiger partial charge in [0.15, 0.2) is 0 Å². The topological polar surface area (TPSA) is 38.1 Å². The molecule has 0 bridgehead atoms. The molecule has 1 atom stereocenters. The highest BCUT2D eigenvalue weighted by molar-refractivity contribution is 7.09. The second-order valence-corrected chi connectivity index (χ2v) is 6.98. The fraction of sp³-hybridized carbons (Fsp3) is 0.529. The highest BCUT2D eigenvalue weighted by Crippen LogP contribution is 2.23. The van der Waals surface area contributed by atoms with E-state index < -0.39 is 0 Å². The minimum Gasteiger partial charge on any atom is -0.341 e. The van der Waals surface area contributed by atoms with E-state index in [1.54, 1.807) is 11.3 Å². The number of aryl methyl sites for hydroxylation is 2. The third kappa shape index (κ3) is 3.58. The van der Waals surface area contributed by atoms with Crippen molar-refractivity contribution in [3.63, 3.8) is 0 Å². The normalized spacial score (nSPS) is 18.6. The molecule has 0 radical (unpaired) electrons. The van der Waals surface area contributed by atoms with Gasteiger partial charge in [-0.15, -0.1) is 11.3 Å². The molecular weight excluding hydrogens is 294 g/mol. The van der Waals surface area contributed by atoms with E-state index in [1.807, 2.05) is 24.2 Å². The van der Waals surface area contributed by atoms with Crippen molar-refractivity contribution in [1.82, 2.24) is 14.5 Å². The fourth-order valence-corrected chi connectivity index (χ4v) is 3.96. The molecule has 3 rings (SSSR count). The number of rotatable bonds is 5. The van der Waals surface area contributed by atoms with E-state index in [0.29, 0.717) is 18.4 Å². The number of amides is 1. The van der Waals surface area contributed by atoms with Crippen molar-refractivity contribution in [3.05, 3.63) is 40.6 Å². The summed E-state index contributed by atoms with van der Waals surface area (Å²) in [5.74, 6) is 1.34. The smallest absolute Gasteiger partial charge is 0.222 e. The first-order valence-electron chi connectivity index (χ1n) is 8.03. The second-order valence-electron chi connectivity index (χ2n) is 5.95. The zero-order valence-corrected chi connectivity index (χ0v) is 13.9. The van der Waals surface area contributed by atoms with Gasteiger partial charge < -0.3 is 9.47 Å². The van der Waals surface area contributed by atoms with Crippen LogP contribution in [0.1, 0.15) is 42.4 Å². The molecule has 1 saturated heterocycles. The number of hydrogen-bond donors (Lipinski definition) is 0. The van der Waals surface area contributed by atoms with Crippen LogP contribution < -0.4 is 0 Å². The van der Waals surface area contributed by atoms with E-state index in [0.717, 1.165) is 44.6 Å². The Morgan fingerprint density at radius 2 is 2.41 bits per heavy atom. The number of nitrogens with zero attached hydrogens (tertiary/aromatic N) is 3. The SMILES string of the molecule is Cc1nccn1C1CCCN(C(=O)CCCc2cccs2)C1. The molecule has 5 heteroatoms. The summed E-state index contributed by atoms with van der Waals surface area (Å²) in [7, 11) is 0. The monoisotopic (exact) mass is 317 g/mol. The highest BCUT2D eigenvalue weighted by atomic mass is 32.1. The molecule has 118 valence electrons. The van der Waals surface area contributed by atoms with Crippen molar-refractivity contribution in [2.45, 2.75) is 45.1 Å². The Morgan fingerprint density at radius 3 is 3.14 bits per heavy atom. The first-order chi connectivity index (χ1) is 10.7. The van der Waals surface area contributed by atoms with Crippen molar-refractivity contribution >= 4 is 17.2 Å². The van der Waals surface area contributed by atoms with Gasteiger partial charge in [0.1, 0.15) is 5.82 Å². The van der Waals surface area contributed by atoms with Crippen molar-refractivity contribution < 1.29 is 4.79 Å². The number of imidazole rings is 1. The van der Waals surface area contributed by atoms with E-state index in [-0.39, 0.29) is 0 Å². The Balaban J connectivity index is 1.51. The van der Waals surface area contributed by atoms with Gasteiger partial charge in [-0.25, -0.2) is 4.98 Å². The Hall–Kier alpha value is -1.62. The minimum absolute atomic E-state index is 0.305. The summed E-state index contributed by atoms with van der Waals surface area (Å²) in [5.41, 5.74) is 0. The Morgan fingerprint density at radius 1 is 1.50 bits per heavy atom. The number of likely N-dealkylation sites (tertiary alicyclic amines) is 1. The number of aromatic nitrogens is 2. The summed E-state index contributed by atoms with van der Waals surface area (Å²) < 4.78 is 2.21. The molecule has 1 unspecified atom stereocenters. The van der Waals surface area contributed by atoms with Gasteiger partial charge >= 0.3 is 0 Å². The number of thiophene rings is 1. The van der Waals surface area contributed by atoms with Crippen molar-refractivity contribution in [3.8, 4) is 0 Å². The summed E-state index contributed by atoms with van der Waals surface area (Å²) in [6.45, 7) is 3.76. The van der Waals surface area contributed by atoms with Crippen LogP contribution in [0.3, 0.4) is 0 Å². The van der Waals surface area contributed by atoms with Gasteiger partial charge in [-0.05, 0) is 44.1 Å². The predicted octanol–water partition coefficient (Wildman–Crippen LogP) is 3.44. The molecule has 0 aliphatic carbocycles. The quantitative estimate of drug-likeness (QED) is 0.847. The summed E-state index contributed by atoms with van der Waals surface area (Å²) in [5, 5.41) is 2.10. The van der Waals surface area contributed by atoms with E-state index in [2.05, 4.69) is 27.1 Å². The third-order valence-electron chi connectivity index (χ3n) is 4.40. The first kappa shape index (κ1) is 15.3. The minimum atomic E-state index is 0.305. The van der Waals surface area contributed by atoms with E-state index >= 15 is 0 Å². The lowest BCUT2D eigenvalue weighted by molar-refractivity contribution is -0.132. The Bertz CT molecular complexity index is 605. The van der Waals surface area contributed by atoms with Crippen LogP contribution >= 0.6 is 11.3 Å². The second kappa shape index (κ2) is 7.09. The molecule has 0 aromatic carbocycles. The molecule has 0 saturated carbocycles. The van der Waals surface area contributed by atoms with Crippen LogP contribution in [0.2, 0.25) is 0 Å². The molecule has 0 N–H and O–H groups in total. The van der Waals surface area contributed by atoms with E-state index in [9.17, 15) is 4.79 Å². The maximum atomic E-state index is 12.4. The average molecular weight is 317 g/mol. The summed E-state index contributed by atoms with van der Waals surface area (Å²) in [4.78, 5) is 20.1. The molecular formula is C17H23N3OS. The molecule has 0 spiro atoms. The van der Waals surface area contributed by atoms with Crippen molar-refractivity contribution in [2.24, 2.45) is 0 Å². The number of hydrogen-bond acceptors (Lipinski definition) is 3. The Kier molecular flexibility index (Phi) is 4.93. The zero-order chi connectivity index (χ0) is 15.4. The largest absolute Gasteiger partial charge is 0.341 e. The third-order valence-corrected chi connectivity index (χ3v) is 5.34. The molecule has 2 aromatic heterocycles. The van der Waals surface area contributed by atoms with E-state index in [4.69, 9.17) is 0 Å². The standard InChI is InChI=1S/C17H23N3OS/c1-14-18-9-11-20(14)15-5-3-10-19(13-15)17(21)8-2-6-16-7-4-12-22-16/h4,7,9,11-12,15H,2-3,5-6,8,10,13H2,1H3. The van der Waals surface area contributed by atoms with Gasteiger partial charge in [-0.1, -0.05) is 6.07 Å². The number of carbonyl (C=O) groups excluding carboxylic acids is 1. The molecule has 1 aliphatic rings. The van der Waals surface area contributed by atoms with Crippen LogP contribution in [0.25, 0.3) is 0 Å². The van der Waals surface area contributed by atoms with Crippen LogP contribution in [0.5, 0.6) is 0 Å². The van der Waals surface area contributed by atoms with Crippen LogP contribution in [0.4, 0.5) is 0 Å².